The van der Waals surface area contributed by atoms with E-state index in [9.17, 15) is 13.2 Å². The molecule has 2 aromatic carbocycles. The average molecular weight is 328 g/mol. The number of methoxy groups -OCH3 is 1. The predicted molar refractivity (Wildman–Crippen MR) is 83.5 cm³/mol. The van der Waals surface area contributed by atoms with Gasteiger partial charge in [0, 0.05) is 18.4 Å². The van der Waals surface area contributed by atoms with Crippen molar-refractivity contribution < 1.29 is 17.9 Å². The van der Waals surface area contributed by atoms with Gasteiger partial charge in [0.25, 0.3) is 0 Å². The lowest BCUT2D eigenvalue weighted by Crippen LogP contribution is -2.04. The van der Waals surface area contributed by atoms with E-state index in [0.717, 1.165) is 22.7 Å². The van der Waals surface area contributed by atoms with Crippen molar-refractivity contribution in [3.63, 3.8) is 0 Å². The minimum Gasteiger partial charge on any atom is -0.496 e. The largest absolute Gasteiger partial charge is 0.496 e. The van der Waals surface area contributed by atoms with Gasteiger partial charge in [0.1, 0.15) is 5.75 Å². The molecular formula is C15H15F3N2OS. The summed E-state index contributed by atoms with van der Waals surface area (Å²) in [7, 11) is 3.37. The van der Waals surface area contributed by atoms with Gasteiger partial charge in [-0.25, -0.2) is 0 Å². The summed E-state index contributed by atoms with van der Waals surface area (Å²) in [4.78, 5) is 0.828. The van der Waals surface area contributed by atoms with E-state index in [1.165, 1.54) is 24.1 Å². The van der Waals surface area contributed by atoms with Crippen LogP contribution in [0.5, 0.6) is 5.75 Å². The Kier molecular flexibility index (Phi) is 5.07. The summed E-state index contributed by atoms with van der Waals surface area (Å²) in [5.74, 6) is 0.684. The van der Waals surface area contributed by atoms with Crippen LogP contribution in [0.1, 0.15) is 5.56 Å². The summed E-state index contributed by atoms with van der Waals surface area (Å²) in [6.07, 6.45) is -4.32. The first-order valence-corrected chi connectivity index (χ1v) is 7.21. The molecule has 0 radical (unpaired) electrons. The Morgan fingerprint density at radius 3 is 2.18 bits per heavy atom. The molecular weight excluding hydrogens is 313 g/mol. The quantitative estimate of drug-likeness (QED) is 0.767. The zero-order valence-corrected chi connectivity index (χ0v) is 12.8. The number of benzene rings is 2. The number of anilines is 2. The molecule has 0 aromatic heterocycles. The zero-order chi connectivity index (χ0) is 16.2. The molecule has 2 aromatic rings. The highest BCUT2D eigenvalue weighted by atomic mass is 32.2. The maximum atomic E-state index is 12.5. The van der Waals surface area contributed by atoms with Crippen LogP contribution in [0.2, 0.25) is 0 Å². The van der Waals surface area contributed by atoms with Crippen molar-refractivity contribution in [1.82, 2.24) is 0 Å². The van der Waals surface area contributed by atoms with E-state index in [1.807, 2.05) is 18.2 Å². The smallest absolute Gasteiger partial charge is 0.416 e. The van der Waals surface area contributed by atoms with Crippen molar-refractivity contribution in [3.05, 3.63) is 48.0 Å². The van der Waals surface area contributed by atoms with Gasteiger partial charge >= 0.3 is 6.18 Å². The predicted octanol–water partition coefficient (Wildman–Crippen LogP) is 4.87. The molecule has 0 saturated carbocycles. The van der Waals surface area contributed by atoms with Crippen molar-refractivity contribution in [2.45, 2.75) is 11.1 Å². The van der Waals surface area contributed by atoms with E-state index in [4.69, 9.17) is 4.74 Å². The molecule has 2 rings (SSSR count). The van der Waals surface area contributed by atoms with Crippen molar-refractivity contribution in [2.24, 2.45) is 0 Å². The second-order valence-corrected chi connectivity index (χ2v) is 5.24. The number of hydrogen-bond donors (Lipinski definition) is 2. The van der Waals surface area contributed by atoms with E-state index in [1.54, 1.807) is 14.2 Å². The topological polar surface area (TPSA) is 33.3 Å². The Balaban J connectivity index is 2.09. The number of alkyl halides is 3. The molecule has 22 heavy (non-hydrogen) atoms. The maximum absolute atomic E-state index is 12.5. The van der Waals surface area contributed by atoms with Gasteiger partial charge in [-0.2, -0.15) is 13.2 Å². The third-order valence-electron chi connectivity index (χ3n) is 2.94. The van der Waals surface area contributed by atoms with Gasteiger partial charge in [-0.05, 0) is 54.4 Å². The highest BCUT2D eigenvalue weighted by molar-refractivity contribution is 8.00. The van der Waals surface area contributed by atoms with E-state index < -0.39 is 11.7 Å². The molecule has 2 N–H and O–H groups in total. The molecule has 0 heterocycles. The third kappa shape index (κ3) is 4.00. The van der Waals surface area contributed by atoms with E-state index in [2.05, 4.69) is 10.0 Å². The summed E-state index contributed by atoms with van der Waals surface area (Å²) in [5.41, 5.74) is 0.824. The summed E-state index contributed by atoms with van der Waals surface area (Å²) < 4.78 is 45.8. The standard InChI is InChI=1S/C15H15F3N2OS/c1-19-12-7-8-13(21-2)14(9-12)22-20-11-5-3-10(4-6-11)15(16,17)18/h3-9,19-20H,1-2H3. The zero-order valence-electron chi connectivity index (χ0n) is 12.0. The molecule has 0 aliphatic carbocycles. The lowest BCUT2D eigenvalue weighted by Gasteiger charge is -2.12. The molecule has 0 unspecified atom stereocenters. The van der Waals surface area contributed by atoms with Gasteiger partial charge in [0.15, 0.2) is 0 Å². The Labute approximate surface area is 131 Å². The second kappa shape index (κ2) is 6.83. The highest BCUT2D eigenvalue weighted by Gasteiger charge is 2.29. The van der Waals surface area contributed by atoms with Gasteiger partial charge in [-0.15, -0.1) is 0 Å². The molecule has 0 bridgehead atoms. The van der Waals surface area contributed by atoms with Crippen molar-refractivity contribution in [2.75, 3.05) is 24.2 Å². The fourth-order valence-electron chi connectivity index (χ4n) is 1.75. The number of halogens is 3. The average Bonchev–Trinajstić information content (AvgIpc) is 2.52. The van der Waals surface area contributed by atoms with Crippen LogP contribution in [0.15, 0.2) is 47.4 Å². The fourth-order valence-corrected chi connectivity index (χ4v) is 2.55. The SMILES string of the molecule is CNc1ccc(OC)c(SNc2ccc(C(F)(F)F)cc2)c1. The van der Waals surface area contributed by atoms with Gasteiger partial charge in [0.05, 0.1) is 17.6 Å². The van der Waals surface area contributed by atoms with Crippen LogP contribution in [-0.2, 0) is 6.18 Å². The number of rotatable bonds is 5. The minimum absolute atomic E-state index is 0.579. The maximum Gasteiger partial charge on any atom is 0.416 e. The molecule has 0 saturated heterocycles. The Bertz CT molecular complexity index is 630. The van der Waals surface area contributed by atoms with Crippen LogP contribution >= 0.6 is 11.9 Å². The first-order chi connectivity index (χ1) is 10.4. The first kappa shape index (κ1) is 16.4. The molecule has 7 heteroatoms. The van der Waals surface area contributed by atoms with Crippen LogP contribution in [-0.4, -0.2) is 14.2 Å². The van der Waals surface area contributed by atoms with E-state index >= 15 is 0 Å². The Hall–Kier alpha value is -2.02. The summed E-state index contributed by atoms with van der Waals surface area (Å²) >= 11 is 1.27. The molecule has 0 aliphatic heterocycles. The monoisotopic (exact) mass is 328 g/mol. The normalized spacial score (nSPS) is 11.1. The summed E-state index contributed by atoms with van der Waals surface area (Å²) in [5, 5.41) is 3.02. The Morgan fingerprint density at radius 1 is 1.00 bits per heavy atom. The number of ether oxygens (including phenoxy) is 1. The molecule has 118 valence electrons. The molecule has 0 amide bonds. The summed E-state index contributed by atoms with van der Waals surface area (Å²) in [6.45, 7) is 0. The molecule has 3 nitrogen and oxygen atoms in total. The molecule has 0 atom stereocenters. The first-order valence-electron chi connectivity index (χ1n) is 6.40. The van der Waals surface area contributed by atoms with Crippen molar-refractivity contribution in [1.29, 1.82) is 0 Å². The van der Waals surface area contributed by atoms with E-state index in [0.29, 0.717) is 11.4 Å². The number of nitrogens with one attached hydrogen (secondary N) is 2. The lowest BCUT2D eigenvalue weighted by atomic mass is 10.2. The fraction of sp³-hybridized carbons (Fsp3) is 0.200. The summed E-state index contributed by atoms with van der Waals surface area (Å²) in [6, 6.07) is 10.5. The van der Waals surface area contributed by atoms with Crippen LogP contribution in [0.25, 0.3) is 0 Å². The van der Waals surface area contributed by atoms with Crippen LogP contribution in [0.3, 0.4) is 0 Å². The molecule has 0 spiro atoms. The minimum atomic E-state index is -4.32. The van der Waals surface area contributed by atoms with Crippen molar-refractivity contribution in [3.8, 4) is 5.75 Å². The van der Waals surface area contributed by atoms with Gasteiger partial charge in [-0.3, -0.25) is 0 Å². The second-order valence-electron chi connectivity index (χ2n) is 4.39. The third-order valence-corrected chi connectivity index (χ3v) is 3.82. The van der Waals surface area contributed by atoms with Crippen LogP contribution in [0.4, 0.5) is 24.5 Å². The molecule has 0 aliphatic rings. The Morgan fingerprint density at radius 2 is 1.64 bits per heavy atom. The van der Waals surface area contributed by atoms with Gasteiger partial charge in [0.2, 0.25) is 0 Å². The highest BCUT2D eigenvalue weighted by Crippen LogP contribution is 2.34. The van der Waals surface area contributed by atoms with Crippen LogP contribution < -0.4 is 14.8 Å². The lowest BCUT2D eigenvalue weighted by molar-refractivity contribution is -0.137. The molecule has 0 fully saturated rings. The van der Waals surface area contributed by atoms with Crippen molar-refractivity contribution >= 4 is 23.3 Å². The van der Waals surface area contributed by atoms with Crippen LogP contribution in [0, 0.1) is 0 Å². The van der Waals surface area contributed by atoms with E-state index in [-0.39, 0.29) is 0 Å². The van der Waals surface area contributed by atoms with Gasteiger partial charge < -0.3 is 14.8 Å². The number of hydrogen-bond acceptors (Lipinski definition) is 4. The van der Waals surface area contributed by atoms with Gasteiger partial charge in [-0.1, -0.05) is 0 Å².